The van der Waals surface area contributed by atoms with Crippen LogP contribution < -0.4 is 30.1 Å². The second kappa shape index (κ2) is 19.7. The molecule has 5 heteroatoms. The molecule has 0 amide bonds. The monoisotopic (exact) mass is 335 g/mol. The van der Waals surface area contributed by atoms with Crippen molar-refractivity contribution in [2.75, 3.05) is 19.9 Å². The van der Waals surface area contributed by atoms with E-state index in [0.29, 0.717) is 0 Å². The van der Waals surface area contributed by atoms with Gasteiger partial charge in [-0.3, -0.25) is 5.32 Å². The van der Waals surface area contributed by atoms with E-state index in [-0.39, 0.29) is 24.8 Å². The number of hydrogen-bond acceptors (Lipinski definition) is 2. The van der Waals surface area contributed by atoms with Gasteiger partial charge < -0.3 is 29.6 Å². The predicted octanol–water partition coefficient (Wildman–Crippen LogP) is -3.70. The van der Waals surface area contributed by atoms with Gasteiger partial charge in [0.15, 0.2) is 0 Å². The van der Waals surface area contributed by atoms with Crippen molar-refractivity contribution in [2.45, 2.75) is 36.5 Å². The summed E-state index contributed by atoms with van der Waals surface area (Å²) in [5.41, 5.74) is 0. The van der Waals surface area contributed by atoms with Crippen molar-refractivity contribution in [1.82, 2.24) is 5.32 Å². The minimum Gasteiger partial charge on any atom is -1.00 e. The Kier molecular flexibility index (Phi) is 28.9. The third kappa shape index (κ3) is 18.9. The summed E-state index contributed by atoms with van der Waals surface area (Å²) in [7, 11) is 0. The number of hydrogen-bond donors (Lipinski definition) is 1. The van der Waals surface area contributed by atoms with Gasteiger partial charge in [-0.2, -0.15) is 0 Å². The van der Waals surface area contributed by atoms with Crippen LogP contribution in [0.15, 0.2) is 0 Å². The van der Waals surface area contributed by atoms with E-state index in [9.17, 15) is 0 Å². The minimum absolute atomic E-state index is 0. The van der Waals surface area contributed by atoms with Gasteiger partial charge in [0, 0.05) is 6.54 Å². The third-order valence-corrected chi connectivity index (χ3v) is 3.82. The molecule has 1 N–H and O–H groups in total. The summed E-state index contributed by atoms with van der Waals surface area (Å²) in [5.74, 6) is 0. The summed E-state index contributed by atoms with van der Waals surface area (Å²) in [4.78, 5) is 2.95. The quantitative estimate of drug-likeness (QED) is 0.421. The molecule has 1 saturated heterocycles. The maximum atomic E-state index is 4.83. The van der Waals surface area contributed by atoms with Gasteiger partial charge in [0.2, 0.25) is 0 Å². The Morgan fingerprint density at radius 1 is 1.14 bits per heavy atom. The SMILES string of the molecule is C1COCN1.CC[CH2][Pd+2][CH2]CC.[Cl-].[Cl-]. The van der Waals surface area contributed by atoms with Gasteiger partial charge in [0.05, 0.1) is 13.3 Å². The summed E-state index contributed by atoms with van der Waals surface area (Å²) in [6, 6.07) is 0. The Labute approximate surface area is 109 Å². The van der Waals surface area contributed by atoms with E-state index in [0.717, 1.165) is 37.9 Å². The molecule has 0 aromatic carbocycles. The standard InChI is InChI=1S/C3H7NO.2C3H7.2ClH.Pd/c1-2-5-3-4-1;2*1-3-2;;;/h4H,1-3H2;2*1,3H2,2H3;2*1H;/q;;;;;+2/p-2. The maximum absolute atomic E-state index is 4.83. The summed E-state index contributed by atoms with van der Waals surface area (Å²) < 4.78 is 4.83. The Morgan fingerprint density at radius 2 is 1.71 bits per heavy atom. The summed E-state index contributed by atoms with van der Waals surface area (Å²) in [5, 5.41) is 3.00. The summed E-state index contributed by atoms with van der Waals surface area (Å²) in [6.45, 7) is 7.18. The molecule has 1 aliphatic rings. The number of nitrogens with one attached hydrogen (secondary N) is 1. The average molecular weight is 337 g/mol. The van der Waals surface area contributed by atoms with Crippen LogP contribution in [-0.4, -0.2) is 19.9 Å². The van der Waals surface area contributed by atoms with E-state index in [1.165, 1.54) is 22.6 Å². The van der Waals surface area contributed by atoms with Crippen molar-refractivity contribution in [3.8, 4) is 0 Å². The first-order chi connectivity index (χ1) is 5.91. The first kappa shape index (κ1) is 20.6. The van der Waals surface area contributed by atoms with E-state index in [4.69, 9.17) is 4.74 Å². The number of halogens is 2. The Hall–Kier alpha value is 1.16. The normalized spacial score (nSPS) is 13.6. The van der Waals surface area contributed by atoms with Gasteiger partial charge >= 0.3 is 54.5 Å². The third-order valence-electron chi connectivity index (χ3n) is 1.17. The van der Waals surface area contributed by atoms with Crippen LogP contribution in [0.3, 0.4) is 0 Å². The zero-order valence-corrected chi connectivity index (χ0v) is 12.0. The van der Waals surface area contributed by atoms with Crippen molar-refractivity contribution in [2.24, 2.45) is 0 Å². The van der Waals surface area contributed by atoms with Crippen molar-refractivity contribution in [1.29, 1.82) is 0 Å². The number of rotatable bonds is 4. The average Bonchev–Trinajstić information content (AvgIpc) is 2.62. The molecule has 0 saturated carbocycles. The molecule has 14 heavy (non-hydrogen) atoms. The van der Waals surface area contributed by atoms with Gasteiger partial charge in [-0.15, -0.1) is 0 Å². The van der Waals surface area contributed by atoms with Gasteiger partial charge in [0.25, 0.3) is 0 Å². The largest absolute Gasteiger partial charge is 1.00 e. The predicted molar refractivity (Wildman–Crippen MR) is 49.0 cm³/mol. The van der Waals surface area contributed by atoms with E-state index in [1.54, 1.807) is 0 Å². The molecule has 0 aromatic rings. The molecule has 1 rings (SSSR count). The Balaban J connectivity index is -0.000000155. The van der Waals surface area contributed by atoms with E-state index in [2.05, 4.69) is 19.2 Å². The molecule has 1 aliphatic heterocycles. The fourth-order valence-corrected chi connectivity index (χ4v) is 2.15. The molecule has 0 aromatic heterocycles. The molecule has 0 unspecified atom stereocenters. The van der Waals surface area contributed by atoms with Crippen LogP contribution >= 0.6 is 0 Å². The zero-order chi connectivity index (χ0) is 9.07. The van der Waals surface area contributed by atoms with E-state index < -0.39 is 0 Å². The van der Waals surface area contributed by atoms with Crippen LogP contribution in [0.25, 0.3) is 0 Å². The van der Waals surface area contributed by atoms with Gasteiger partial charge in [0.1, 0.15) is 0 Å². The molecule has 2 nitrogen and oxygen atoms in total. The topological polar surface area (TPSA) is 21.3 Å². The molecule has 0 bridgehead atoms. The van der Waals surface area contributed by atoms with Crippen LogP contribution in [0.2, 0.25) is 9.79 Å². The molecule has 92 valence electrons. The maximum Gasteiger partial charge on any atom is -1.00 e. The summed E-state index contributed by atoms with van der Waals surface area (Å²) >= 11 is 1.07. The molecule has 0 spiro atoms. The fraction of sp³-hybridized carbons (Fsp3) is 1.00. The zero-order valence-electron chi connectivity index (χ0n) is 8.93. The van der Waals surface area contributed by atoms with Crippen molar-refractivity contribution < 1.29 is 47.5 Å². The molecule has 0 atom stereocenters. The molecule has 1 heterocycles. The van der Waals surface area contributed by atoms with Crippen LogP contribution in [0.5, 0.6) is 0 Å². The Bertz CT molecular complexity index is 73.6. The number of ether oxygens (including phenoxy) is 1. The fourth-order valence-electron chi connectivity index (χ4n) is 0.664. The van der Waals surface area contributed by atoms with Crippen molar-refractivity contribution in [3.05, 3.63) is 0 Å². The van der Waals surface area contributed by atoms with Crippen LogP contribution in [0.4, 0.5) is 0 Å². The van der Waals surface area contributed by atoms with Gasteiger partial charge in [-0.1, -0.05) is 0 Å². The molecule has 0 aliphatic carbocycles. The van der Waals surface area contributed by atoms with Gasteiger partial charge in [-0.05, 0) is 0 Å². The molecular formula is C9H21Cl2NOPd. The first-order valence-electron chi connectivity index (χ1n) is 4.65. The van der Waals surface area contributed by atoms with Crippen LogP contribution in [0.1, 0.15) is 26.7 Å². The summed E-state index contributed by atoms with van der Waals surface area (Å²) in [6.07, 6.45) is 2.77. The minimum atomic E-state index is 0. The first-order valence-corrected chi connectivity index (χ1v) is 6.84. The molecular weight excluding hydrogens is 315 g/mol. The van der Waals surface area contributed by atoms with Crippen LogP contribution in [-0.2, 0) is 22.7 Å². The van der Waals surface area contributed by atoms with Gasteiger partial charge in [-0.25, -0.2) is 0 Å². The second-order valence-electron chi connectivity index (χ2n) is 2.53. The Morgan fingerprint density at radius 3 is 1.93 bits per heavy atom. The van der Waals surface area contributed by atoms with Crippen LogP contribution in [0, 0.1) is 0 Å². The van der Waals surface area contributed by atoms with E-state index in [1.807, 2.05) is 0 Å². The second-order valence-corrected chi connectivity index (χ2v) is 4.86. The van der Waals surface area contributed by atoms with Crippen molar-refractivity contribution >= 4 is 0 Å². The van der Waals surface area contributed by atoms with Crippen molar-refractivity contribution in [3.63, 3.8) is 0 Å². The smallest absolute Gasteiger partial charge is 1.00 e. The molecule has 0 radical (unpaired) electrons. The molecule has 1 fully saturated rings. The van der Waals surface area contributed by atoms with E-state index >= 15 is 0 Å².